The van der Waals surface area contributed by atoms with E-state index in [4.69, 9.17) is 20.4 Å². The average Bonchev–Trinajstić information content (AvgIpc) is 2.22. The third kappa shape index (κ3) is 52.2. The van der Waals surface area contributed by atoms with Crippen LogP contribution in [0.1, 0.15) is 20.8 Å². The number of hydrogen-bond acceptors (Lipinski definition) is 5. The van der Waals surface area contributed by atoms with E-state index in [-0.39, 0.29) is 26.0 Å². The van der Waals surface area contributed by atoms with Gasteiger partial charge < -0.3 is 26.6 Å². The van der Waals surface area contributed by atoms with Gasteiger partial charge in [0, 0.05) is 19.8 Å². The molecule has 5 nitrogen and oxygen atoms in total. The van der Waals surface area contributed by atoms with Crippen LogP contribution < -0.4 is 6.15 Å². The van der Waals surface area contributed by atoms with Crippen molar-refractivity contribution in [2.45, 2.75) is 20.8 Å². The van der Waals surface area contributed by atoms with Crippen LogP contribution in [0.25, 0.3) is 0 Å². The number of aromatic hydroxyl groups is 1. The number of para-hydroxylation sites is 1. The Balaban J connectivity index is -0.0000000734. The lowest BCUT2D eigenvalue weighted by Gasteiger charge is -1.82. The minimum Gasteiger partial charge on any atom is -0.508 e. The van der Waals surface area contributed by atoms with E-state index in [2.05, 4.69) is 0 Å². The van der Waals surface area contributed by atoms with Crippen molar-refractivity contribution < 1.29 is 20.4 Å². The van der Waals surface area contributed by atoms with Crippen LogP contribution in [0, 0.1) is 0 Å². The normalized spacial score (nSPS) is 6.71. The molecule has 0 unspecified atom stereocenters. The van der Waals surface area contributed by atoms with Crippen LogP contribution in [0.5, 0.6) is 5.75 Å². The first kappa shape index (κ1) is 24.9. The van der Waals surface area contributed by atoms with E-state index < -0.39 is 0 Å². The monoisotopic (exact) mass is 249 g/mol. The Morgan fingerprint density at radius 2 is 1.00 bits per heavy atom. The summed E-state index contributed by atoms with van der Waals surface area (Å²) < 4.78 is 0. The van der Waals surface area contributed by atoms with Crippen LogP contribution in [0.15, 0.2) is 30.3 Å². The molecule has 0 atom stereocenters. The number of hydrogen-bond donors (Lipinski definition) is 5. The van der Waals surface area contributed by atoms with Crippen LogP contribution in [0.2, 0.25) is 0 Å². The van der Waals surface area contributed by atoms with Gasteiger partial charge in [-0.25, -0.2) is 0 Å². The molecular formula is C12H27NO4. The Morgan fingerprint density at radius 3 is 1.12 bits per heavy atom. The zero-order valence-electron chi connectivity index (χ0n) is 11.0. The van der Waals surface area contributed by atoms with Crippen molar-refractivity contribution in [1.82, 2.24) is 6.15 Å². The van der Waals surface area contributed by atoms with E-state index in [1.165, 1.54) is 0 Å². The molecule has 0 amide bonds. The Hall–Kier alpha value is -1.14. The molecule has 0 aliphatic carbocycles. The molecule has 0 aliphatic heterocycles. The maximum Gasteiger partial charge on any atom is 0.115 e. The Labute approximate surface area is 104 Å². The average molecular weight is 249 g/mol. The van der Waals surface area contributed by atoms with Gasteiger partial charge in [-0.2, -0.15) is 0 Å². The van der Waals surface area contributed by atoms with Crippen molar-refractivity contribution in [2.24, 2.45) is 0 Å². The van der Waals surface area contributed by atoms with Crippen LogP contribution >= 0.6 is 0 Å². The fourth-order valence-corrected chi connectivity index (χ4v) is 0.428. The van der Waals surface area contributed by atoms with E-state index in [1.54, 1.807) is 45.0 Å². The van der Waals surface area contributed by atoms with E-state index in [9.17, 15) is 0 Å². The second-order valence-electron chi connectivity index (χ2n) is 2.28. The summed E-state index contributed by atoms with van der Waals surface area (Å²) in [5.74, 6) is 0.322. The summed E-state index contributed by atoms with van der Waals surface area (Å²) in [6, 6.07) is 8.71. The van der Waals surface area contributed by atoms with Gasteiger partial charge in [-0.3, -0.25) is 0 Å². The topological polar surface area (TPSA) is 116 Å². The lowest BCUT2D eigenvalue weighted by atomic mass is 10.3. The third-order valence-electron chi connectivity index (χ3n) is 0.756. The zero-order valence-corrected chi connectivity index (χ0v) is 11.0. The van der Waals surface area contributed by atoms with Crippen LogP contribution in [-0.2, 0) is 0 Å². The molecule has 5 heteroatoms. The maximum absolute atomic E-state index is 8.63. The number of aliphatic hydroxyl groups excluding tert-OH is 3. The first-order valence-corrected chi connectivity index (χ1v) is 5.20. The molecule has 0 spiro atoms. The van der Waals surface area contributed by atoms with Gasteiger partial charge in [0.25, 0.3) is 0 Å². The molecule has 7 N–H and O–H groups in total. The van der Waals surface area contributed by atoms with Gasteiger partial charge >= 0.3 is 0 Å². The van der Waals surface area contributed by atoms with E-state index >= 15 is 0 Å². The SMILES string of the molecule is CCO.CCO.CCO.N.Oc1ccccc1. The highest BCUT2D eigenvalue weighted by molar-refractivity contribution is 5.18. The summed E-state index contributed by atoms with van der Waals surface area (Å²) in [5.41, 5.74) is 0. The summed E-state index contributed by atoms with van der Waals surface area (Å²) in [6.45, 7) is 5.79. The molecule has 0 aliphatic rings. The third-order valence-corrected chi connectivity index (χ3v) is 0.756. The van der Waals surface area contributed by atoms with Gasteiger partial charge in [0.1, 0.15) is 5.75 Å². The molecule has 0 saturated heterocycles. The van der Waals surface area contributed by atoms with E-state index in [0.29, 0.717) is 5.75 Å². The smallest absolute Gasteiger partial charge is 0.115 e. The highest BCUT2D eigenvalue weighted by Crippen LogP contribution is 2.02. The van der Waals surface area contributed by atoms with Crippen LogP contribution in [0.3, 0.4) is 0 Å². The fourth-order valence-electron chi connectivity index (χ4n) is 0.428. The maximum atomic E-state index is 8.63. The van der Waals surface area contributed by atoms with Gasteiger partial charge in [-0.05, 0) is 32.9 Å². The molecule has 1 aromatic rings. The van der Waals surface area contributed by atoms with Gasteiger partial charge in [-0.1, -0.05) is 18.2 Å². The molecule has 0 saturated carbocycles. The van der Waals surface area contributed by atoms with Gasteiger partial charge in [0.2, 0.25) is 0 Å². The molecule has 0 aromatic heterocycles. The van der Waals surface area contributed by atoms with Gasteiger partial charge in [0.15, 0.2) is 0 Å². The lowest BCUT2D eigenvalue weighted by molar-refractivity contribution is 0.318. The highest BCUT2D eigenvalue weighted by atomic mass is 16.3. The molecule has 0 fully saturated rings. The predicted octanol–water partition coefficient (Wildman–Crippen LogP) is 1.55. The van der Waals surface area contributed by atoms with Crippen LogP contribution in [-0.4, -0.2) is 40.2 Å². The number of aliphatic hydroxyl groups is 3. The second kappa shape index (κ2) is 29.4. The summed E-state index contributed by atoms with van der Waals surface area (Å²) in [5, 5.41) is 31.3. The number of phenols is 1. The summed E-state index contributed by atoms with van der Waals surface area (Å²) >= 11 is 0. The van der Waals surface area contributed by atoms with Crippen molar-refractivity contribution in [3.8, 4) is 5.75 Å². The molecule has 104 valence electrons. The van der Waals surface area contributed by atoms with Crippen molar-refractivity contribution in [3.63, 3.8) is 0 Å². The predicted molar refractivity (Wildman–Crippen MR) is 71.4 cm³/mol. The quantitative estimate of drug-likeness (QED) is 0.478. The Kier molecular flexibility index (Phi) is 43.0. The zero-order chi connectivity index (χ0) is 13.2. The fraction of sp³-hybridized carbons (Fsp3) is 0.500. The molecule has 1 rings (SSSR count). The van der Waals surface area contributed by atoms with Crippen molar-refractivity contribution in [2.75, 3.05) is 19.8 Å². The summed E-state index contributed by atoms with van der Waals surface area (Å²) in [7, 11) is 0. The highest BCUT2D eigenvalue weighted by Gasteiger charge is 1.74. The Bertz CT molecular complexity index is 178. The largest absolute Gasteiger partial charge is 0.508 e. The molecular weight excluding hydrogens is 222 g/mol. The van der Waals surface area contributed by atoms with Gasteiger partial charge in [0.05, 0.1) is 0 Å². The lowest BCUT2D eigenvalue weighted by Crippen LogP contribution is -1.57. The molecule has 0 heterocycles. The summed E-state index contributed by atoms with van der Waals surface area (Å²) in [4.78, 5) is 0. The van der Waals surface area contributed by atoms with Gasteiger partial charge in [-0.15, -0.1) is 0 Å². The van der Waals surface area contributed by atoms with Crippen LogP contribution in [0.4, 0.5) is 0 Å². The molecule has 17 heavy (non-hydrogen) atoms. The van der Waals surface area contributed by atoms with Crippen molar-refractivity contribution >= 4 is 0 Å². The minimum atomic E-state index is 0. The van der Waals surface area contributed by atoms with E-state index in [1.807, 2.05) is 6.07 Å². The minimum absolute atomic E-state index is 0. The number of rotatable bonds is 0. The summed E-state index contributed by atoms with van der Waals surface area (Å²) in [6.07, 6.45) is 0. The van der Waals surface area contributed by atoms with E-state index in [0.717, 1.165) is 0 Å². The second-order valence-corrected chi connectivity index (χ2v) is 2.28. The first-order valence-electron chi connectivity index (χ1n) is 5.20. The van der Waals surface area contributed by atoms with Crippen molar-refractivity contribution in [3.05, 3.63) is 30.3 Å². The molecule has 0 radical (unpaired) electrons. The first-order chi connectivity index (χ1) is 7.64. The molecule has 0 bridgehead atoms. The standard InChI is InChI=1S/C6H6O.3C2H6O.H3N/c7-6-4-2-1-3-5-6;3*1-2-3;/h1-5,7H;3*3H,2H2,1H3;1H3. The number of benzene rings is 1. The van der Waals surface area contributed by atoms with Crippen molar-refractivity contribution in [1.29, 1.82) is 0 Å². The molecule has 1 aromatic carbocycles. The number of phenolic OH excluding ortho intramolecular Hbond substituents is 1. The Morgan fingerprint density at radius 1 is 0.765 bits per heavy atom.